The van der Waals surface area contributed by atoms with Crippen LogP contribution in [0.5, 0.6) is 0 Å². The Morgan fingerprint density at radius 1 is 0.559 bits per heavy atom. The number of amidine groups is 1. The van der Waals surface area contributed by atoms with E-state index in [4.69, 9.17) is 9.41 Å². The van der Waals surface area contributed by atoms with Crippen LogP contribution in [0.3, 0.4) is 0 Å². The van der Waals surface area contributed by atoms with E-state index in [1.807, 2.05) is 6.07 Å². The number of nitrogens with zero attached hydrogens (tertiary/aromatic N) is 2. The van der Waals surface area contributed by atoms with Gasteiger partial charge in [0.2, 0.25) is 0 Å². The molecule has 2 N–H and O–H groups in total. The van der Waals surface area contributed by atoms with E-state index in [1.165, 1.54) is 66.2 Å². The molecule has 2 aliphatic heterocycles. The zero-order chi connectivity index (χ0) is 38.4. The molecule has 59 heavy (non-hydrogen) atoms. The summed E-state index contributed by atoms with van der Waals surface area (Å²) >= 11 is 0. The highest BCUT2D eigenvalue weighted by atomic mass is 16.3. The molecule has 5 nitrogen and oxygen atoms in total. The van der Waals surface area contributed by atoms with Gasteiger partial charge in [0.1, 0.15) is 29.3 Å². The predicted molar refractivity (Wildman–Crippen MR) is 239 cm³/mol. The van der Waals surface area contributed by atoms with Gasteiger partial charge in [-0.3, -0.25) is 5.32 Å². The molecule has 10 aromatic rings. The van der Waals surface area contributed by atoms with E-state index in [9.17, 15) is 0 Å². The van der Waals surface area contributed by atoms with Crippen LogP contribution in [0, 0.1) is 0 Å². The monoisotopic (exact) mass is 754 g/mol. The highest BCUT2D eigenvalue weighted by molar-refractivity contribution is 6.21. The van der Waals surface area contributed by atoms with Gasteiger partial charge in [-0.15, -0.1) is 0 Å². The minimum absolute atomic E-state index is 0.242. The molecule has 276 valence electrons. The fraction of sp³-hybridized carbons (Fsp3) is 0.0556. The summed E-state index contributed by atoms with van der Waals surface area (Å²) in [7, 11) is 0. The Morgan fingerprint density at radius 3 is 2.22 bits per heavy atom. The first-order valence-corrected chi connectivity index (χ1v) is 20.5. The van der Waals surface area contributed by atoms with Crippen LogP contribution in [0.4, 0.5) is 11.4 Å². The van der Waals surface area contributed by atoms with Crippen LogP contribution >= 0.6 is 0 Å². The first kappa shape index (κ1) is 31.6. The van der Waals surface area contributed by atoms with Crippen LogP contribution in [0.15, 0.2) is 191 Å². The van der Waals surface area contributed by atoms with Gasteiger partial charge in [-0.25, -0.2) is 4.99 Å². The largest absolute Gasteiger partial charge is 0.454 e. The van der Waals surface area contributed by atoms with Crippen LogP contribution in [0.1, 0.15) is 45.7 Å². The lowest BCUT2D eigenvalue weighted by atomic mass is 9.83. The summed E-state index contributed by atoms with van der Waals surface area (Å²) in [6, 6.07) is 66.0. The maximum absolute atomic E-state index is 7.18. The van der Waals surface area contributed by atoms with E-state index in [2.05, 4.69) is 191 Å². The molecule has 0 amide bonds. The number of aliphatic imine (C=N–C) groups is 1. The smallest absolute Gasteiger partial charge is 0.159 e. The van der Waals surface area contributed by atoms with Crippen LogP contribution in [-0.4, -0.2) is 5.84 Å². The summed E-state index contributed by atoms with van der Waals surface area (Å²) in [6.45, 7) is 0. The van der Waals surface area contributed by atoms with Crippen LogP contribution in [0.25, 0.3) is 65.7 Å². The standard InChI is InChI=1S/C54H34N4O/c1-3-14-32(15-4-1)51-55-52(33-16-5-2-6-17-33)57-53(56-51)39-23-13-27-44-46(39)38-22-12-26-43(50(38)59-44)58-42-25-11-19-31-28-29-37-47-35-20-8-7-18-34(35)30-40-36-21-9-10-24-41(36)54(58,49(40)47)48(37)45(31)42/h1-30,51,53,56H,(H,55,57). The van der Waals surface area contributed by atoms with Crippen LogP contribution in [0.2, 0.25) is 0 Å². The molecular formula is C54H34N4O. The number of benzene rings is 9. The van der Waals surface area contributed by atoms with E-state index in [0.29, 0.717) is 0 Å². The van der Waals surface area contributed by atoms with E-state index in [1.54, 1.807) is 0 Å². The molecule has 5 heteroatoms. The highest BCUT2D eigenvalue weighted by Gasteiger charge is 2.60. The van der Waals surface area contributed by atoms with Crippen molar-refractivity contribution in [3.8, 4) is 22.3 Å². The Balaban J connectivity index is 1.02. The van der Waals surface area contributed by atoms with Crippen molar-refractivity contribution in [3.63, 3.8) is 0 Å². The molecule has 1 aromatic heterocycles. The summed E-state index contributed by atoms with van der Waals surface area (Å²) in [5.41, 5.74) is 16.1. The van der Waals surface area contributed by atoms with E-state index in [-0.39, 0.29) is 12.3 Å². The fourth-order valence-corrected chi connectivity index (χ4v) is 11.2. The van der Waals surface area contributed by atoms with Gasteiger partial charge in [0.05, 0.1) is 11.4 Å². The Kier molecular flexibility index (Phi) is 6.08. The van der Waals surface area contributed by atoms with E-state index in [0.717, 1.165) is 50.2 Å². The quantitative estimate of drug-likeness (QED) is 0.188. The number of anilines is 2. The molecule has 3 heterocycles. The summed E-state index contributed by atoms with van der Waals surface area (Å²) in [4.78, 5) is 7.83. The molecular weight excluding hydrogens is 721 g/mol. The maximum Gasteiger partial charge on any atom is 0.159 e. The molecule has 9 aromatic carbocycles. The third-order valence-electron chi connectivity index (χ3n) is 13.4. The Hall–Kier alpha value is -7.47. The third-order valence-corrected chi connectivity index (χ3v) is 13.4. The third kappa shape index (κ3) is 3.95. The molecule has 0 radical (unpaired) electrons. The number of nitrogens with one attached hydrogen (secondary N) is 2. The van der Waals surface area contributed by atoms with Crippen LogP contribution in [-0.2, 0) is 5.54 Å². The van der Waals surface area contributed by atoms with Crippen molar-refractivity contribution in [1.82, 2.24) is 10.6 Å². The van der Waals surface area contributed by atoms with Crippen molar-refractivity contribution in [1.29, 1.82) is 0 Å². The second-order valence-corrected chi connectivity index (χ2v) is 16.2. The first-order valence-electron chi connectivity index (χ1n) is 20.5. The molecule has 0 saturated heterocycles. The summed E-state index contributed by atoms with van der Waals surface area (Å²) < 4.78 is 7.18. The molecule has 3 atom stereocenters. The number of rotatable bonds is 4. The van der Waals surface area contributed by atoms with Crippen molar-refractivity contribution in [2.45, 2.75) is 17.9 Å². The van der Waals surface area contributed by atoms with Gasteiger partial charge in [0.15, 0.2) is 5.58 Å². The van der Waals surface area contributed by atoms with Crippen molar-refractivity contribution >= 4 is 60.7 Å². The predicted octanol–water partition coefficient (Wildman–Crippen LogP) is 12.6. The summed E-state index contributed by atoms with van der Waals surface area (Å²) in [5.74, 6) is 0.856. The minimum atomic E-state index is -0.573. The van der Waals surface area contributed by atoms with Crippen molar-refractivity contribution in [3.05, 3.63) is 215 Å². The molecule has 0 fully saturated rings. The first-order chi connectivity index (χ1) is 29.3. The SMILES string of the molecule is c1ccc(C2=NC(c3ccccc3)NC(c3cccc4oc5c(N6c7cccc8ccc9c(c78)C67c6ccccc6-c6cc8ccccc8c-9c67)cccc5c34)N2)cc1. The number of para-hydroxylation sites is 1. The van der Waals surface area contributed by atoms with Gasteiger partial charge in [-0.05, 0) is 73.8 Å². The van der Waals surface area contributed by atoms with Gasteiger partial charge in [-0.2, -0.15) is 0 Å². The molecule has 0 saturated carbocycles. The van der Waals surface area contributed by atoms with Gasteiger partial charge in [0.25, 0.3) is 0 Å². The van der Waals surface area contributed by atoms with Crippen molar-refractivity contribution in [2.24, 2.45) is 4.99 Å². The lowest BCUT2D eigenvalue weighted by Gasteiger charge is -2.38. The average Bonchev–Trinajstić information content (AvgIpc) is 4.02. The normalized spacial score (nSPS) is 19.4. The second-order valence-electron chi connectivity index (χ2n) is 16.2. The van der Waals surface area contributed by atoms with E-state index >= 15 is 0 Å². The fourth-order valence-electron chi connectivity index (χ4n) is 11.2. The highest BCUT2D eigenvalue weighted by Crippen LogP contribution is 2.71. The zero-order valence-corrected chi connectivity index (χ0v) is 31.8. The molecule has 0 bridgehead atoms. The summed E-state index contributed by atoms with van der Waals surface area (Å²) in [6.07, 6.45) is -0.486. The van der Waals surface area contributed by atoms with Gasteiger partial charge in [0, 0.05) is 38.4 Å². The lowest BCUT2D eigenvalue weighted by molar-refractivity contribution is 0.411. The number of hydrogen-bond acceptors (Lipinski definition) is 5. The van der Waals surface area contributed by atoms with Crippen LogP contribution < -0.4 is 15.5 Å². The summed E-state index contributed by atoms with van der Waals surface area (Å²) in [5, 5.41) is 15.0. The molecule has 4 aliphatic rings. The Labute approximate surface area is 339 Å². The molecule has 1 spiro atoms. The maximum atomic E-state index is 7.18. The molecule has 14 rings (SSSR count). The van der Waals surface area contributed by atoms with Crippen molar-refractivity contribution < 1.29 is 4.42 Å². The van der Waals surface area contributed by atoms with Gasteiger partial charge >= 0.3 is 0 Å². The Morgan fingerprint density at radius 2 is 1.31 bits per heavy atom. The minimum Gasteiger partial charge on any atom is -0.454 e. The molecule has 2 aliphatic carbocycles. The Bertz CT molecular complexity index is 3480. The van der Waals surface area contributed by atoms with Gasteiger partial charge < -0.3 is 14.6 Å². The number of furan rings is 1. The average molecular weight is 755 g/mol. The topological polar surface area (TPSA) is 52.8 Å². The number of fused-ring (bicyclic) bond motifs is 8. The molecule has 3 unspecified atom stereocenters. The van der Waals surface area contributed by atoms with Gasteiger partial charge in [-0.1, -0.05) is 158 Å². The lowest BCUT2D eigenvalue weighted by Crippen LogP contribution is -2.45. The number of hydrogen-bond donors (Lipinski definition) is 2. The van der Waals surface area contributed by atoms with Crippen molar-refractivity contribution in [2.75, 3.05) is 4.90 Å². The second kappa shape index (κ2) is 11.3. The zero-order valence-electron chi connectivity index (χ0n) is 31.8. The van der Waals surface area contributed by atoms with E-state index < -0.39 is 5.54 Å².